The molecule has 1 aliphatic heterocycles. The maximum Gasteiger partial charge on any atom is 0.178 e. The van der Waals surface area contributed by atoms with Gasteiger partial charge in [-0.15, -0.1) is 0 Å². The Balaban J connectivity index is 1.56. The number of piperidine rings is 1. The van der Waals surface area contributed by atoms with E-state index in [4.69, 9.17) is 0 Å². The summed E-state index contributed by atoms with van der Waals surface area (Å²) in [6, 6.07) is 8.44. The topological polar surface area (TPSA) is 81.8 Å². The van der Waals surface area contributed by atoms with Gasteiger partial charge in [-0.05, 0) is 37.1 Å². The molecule has 3 heterocycles. The molecule has 2 N–H and O–H groups in total. The van der Waals surface area contributed by atoms with Gasteiger partial charge < -0.3 is 4.98 Å². The van der Waals surface area contributed by atoms with E-state index < -0.39 is 9.84 Å². The normalized spacial score (nSPS) is 19.5. The number of fused-ring (bicyclic) bond motifs is 1. The minimum Gasteiger partial charge on any atom is -0.361 e. The summed E-state index contributed by atoms with van der Waals surface area (Å²) in [5.74, 6) is 0.173. The van der Waals surface area contributed by atoms with Crippen LogP contribution in [0.15, 0.2) is 41.6 Å². The summed E-state index contributed by atoms with van der Waals surface area (Å²) >= 11 is 0. The summed E-state index contributed by atoms with van der Waals surface area (Å²) in [4.78, 5) is 6.00. The van der Waals surface area contributed by atoms with Gasteiger partial charge in [0.2, 0.25) is 0 Å². The molecule has 0 unspecified atom stereocenters. The fraction of sp³-hybridized carbons (Fsp3) is 0.389. The van der Waals surface area contributed by atoms with Crippen molar-refractivity contribution in [1.82, 2.24) is 20.1 Å². The molecule has 0 spiro atoms. The zero-order valence-electron chi connectivity index (χ0n) is 14.2. The molecular formula is C18H22N4O2S. The quantitative estimate of drug-likeness (QED) is 0.751. The van der Waals surface area contributed by atoms with Crippen molar-refractivity contribution in [2.45, 2.75) is 30.2 Å². The third kappa shape index (κ3) is 3.21. The Labute approximate surface area is 147 Å². The van der Waals surface area contributed by atoms with Gasteiger partial charge in [-0.25, -0.2) is 8.42 Å². The lowest BCUT2D eigenvalue weighted by atomic mass is 9.94. The average molecular weight is 358 g/mol. The minimum absolute atomic E-state index is 0.173. The number of hydrogen-bond donors (Lipinski definition) is 2. The van der Waals surface area contributed by atoms with Crippen LogP contribution in [0.4, 0.5) is 0 Å². The molecule has 132 valence electrons. The van der Waals surface area contributed by atoms with Crippen LogP contribution in [-0.4, -0.2) is 47.8 Å². The number of nitrogens with zero attached hydrogens (tertiary/aromatic N) is 2. The monoisotopic (exact) mass is 358 g/mol. The van der Waals surface area contributed by atoms with Crippen LogP contribution in [0.25, 0.3) is 10.9 Å². The third-order valence-electron chi connectivity index (χ3n) is 5.02. The molecule has 0 amide bonds. The number of hydrogen-bond acceptors (Lipinski definition) is 4. The summed E-state index contributed by atoms with van der Waals surface area (Å²) in [5.41, 5.74) is 3.21. The fourth-order valence-corrected chi connectivity index (χ4v) is 4.69. The number of benzene rings is 1. The van der Waals surface area contributed by atoms with E-state index in [2.05, 4.69) is 44.3 Å². The van der Waals surface area contributed by atoms with Crippen molar-refractivity contribution in [1.29, 1.82) is 0 Å². The first-order valence-corrected chi connectivity index (χ1v) is 10.4. The number of nitrogens with one attached hydrogen (secondary N) is 2. The van der Waals surface area contributed by atoms with Crippen LogP contribution in [0.1, 0.15) is 30.0 Å². The Morgan fingerprint density at radius 2 is 2.20 bits per heavy atom. The second-order valence-electron chi connectivity index (χ2n) is 6.85. The van der Waals surface area contributed by atoms with Crippen molar-refractivity contribution in [3.8, 4) is 0 Å². The van der Waals surface area contributed by atoms with Crippen molar-refractivity contribution in [2.24, 2.45) is 0 Å². The molecule has 25 heavy (non-hydrogen) atoms. The van der Waals surface area contributed by atoms with Crippen LogP contribution in [0.3, 0.4) is 0 Å². The van der Waals surface area contributed by atoms with E-state index in [9.17, 15) is 8.42 Å². The van der Waals surface area contributed by atoms with Crippen molar-refractivity contribution in [3.63, 3.8) is 0 Å². The van der Waals surface area contributed by atoms with Gasteiger partial charge in [0.15, 0.2) is 9.84 Å². The van der Waals surface area contributed by atoms with Gasteiger partial charge >= 0.3 is 0 Å². The second kappa shape index (κ2) is 6.31. The lowest BCUT2D eigenvalue weighted by molar-refractivity contribution is 0.198. The highest BCUT2D eigenvalue weighted by atomic mass is 32.2. The van der Waals surface area contributed by atoms with Gasteiger partial charge in [0, 0.05) is 42.4 Å². The number of aromatic nitrogens is 3. The molecule has 7 heteroatoms. The Hall–Kier alpha value is -2.12. The fourth-order valence-electron chi connectivity index (χ4n) is 3.84. The number of H-pyrrole nitrogens is 2. The van der Waals surface area contributed by atoms with Gasteiger partial charge in [0.25, 0.3) is 0 Å². The first kappa shape index (κ1) is 16.4. The Kier molecular flexibility index (Phi) is 4.13. The van der Waals surface area contributed by atoms with Gasteiger partial charge in [-0.3, -0.25) is 10.00 Å². The largest absolute Gasteiger partial charge is 0.361 e. The SMILES string of the molecule is CS(=O)(=O)c1cn[nH]c1[C@@H]1CCCN(Cc2cccc3[nH]ccc23)C1. The van der Waals surface area contributed by atoms with Crippen molar-refractivity contribution < 1.29 is 8.42 Å². The molecule has 1 fully saturated rings. The molecule has 1 aliphatic rings. The standard InChI is InChI=1S/C18H22N4O2S/c1-25(23,24)17-10-20-21-18(17)14-5-3-9-22(12-14)11-13-4-2-6-16-15(13)7-8-19-16/h2,4,6-8,10,14,19H,3,5,9,11-12H2,1H3,(H,20,21)/t14-/m1/s1. The average Bonchev–Trinajstić information content (AvgIpc) is 3.24. The van der Waals surface area contributed by atoms with Gasteiger partial charge in [-0.1, -0.05) is 12.1 Å². The summed E-state index contributed by atoms with van der Waals surface area (Å²) < 4.78 is 23.9. The van der Waals surface area contributed by atoms with E-state index in [0.29, 0.717) is 4.90 Å². The van der Waals surface area contributed by atoms with E-state index in [1.807, 2.05) is 6.20 Å². The molecule has 0 aliphatic carbocycles. The predicted octanol–water partition coefficient (Wildman–Crippen LogP) is 2.67. The summed E-state index contributed by atoms with van der Waals surface area (Å²) in [5, 5.41) is 8.16. The first-order chi connectivity index (χ1) is 12.0. The third-order valence-corrected chi connectivity index (χ3v) is 6.15. The van der Waals surface area contributed by atoms with Crippen LogP contribution < -0.4 is 0 Å². The van der Waals surface area contributed by atoms with E-state index in [-0.39, 0.29) is 5.92 Å². The summed E-state index contributed by atoms with van der Waals surface area (Å²) in [6.45, 7) is 2.74. The molecule has 0 bridgehead atoms. The van der Waals surface area contributed by atoms with Crippen LogP contribution in [0.5, 0.6) is 0 Å². The lowest BCUT2D eigenvalue weighted by Crippen LogP contribution is -2.34. The summed E-state index contributed by atoms with van der Waals surface area (Å²) in [7, 11) is -3.25. The highest BCUT2D eigenvalue weighted by Crippen LogP contribution is 2.31. The zero-order chi connectivity index (χ0) is 17.4. The molecule has 0 saturated carbocycles. The molecule has 1 aromatic carbocycles. The Morgan fingerprint density at radius 1 is 1.32 bits per heavy atom. The summed E-state index contributed by atoms with van der Waals surface area (Å²) in [6.07, 6.45) is 6.68. The smallest absolute Gasteiger partial charge is 0.178 e. The molecule has 1 atom stereocenters. The van der Waals surface area contributed by atoms with Crippen LogP contribution >= 0.6 is 0 Å². The maximum absolute atomic E-state index is 12.0. The molecule has 4 rings (SSSR count). The molecule has 2 aromatic heterocycles. The molecular weight excluding hydrogens is 336 g/mol. The van der Waals surface area contributed by atoms with Crippen LogP contribution in [-0.2, 0) is 16.4 Å². The predicted molar refractivity (Wildman–Crippen MR) is 97.2 cm³/mol. The number of aromatic amines is 2. The van der Waals surface area contributed by atoms with Crippen molar-refractivity contribution in [2.75, 3.05) is 19.3 Å². The van der Waals surface area contributed by atoms with Crippen LogP contribution in [0, 0.1) is 0 Å². The van der Waals surface area contributed by atoms with Crippen molar-refractivity contribution >= 4 is 20.7 Å². The van der Waals surface area contributed by atoms with Gasteiger partial charge in [0.05, 0.1) is 11.9 Å². The Bertz CT molecular complexity index is 989. The first-order valence-electron chi connectivity index (χ1n) is 8.53. The van der Waals surface area contributed by atoms with Gasteiger partial charge in [-0.2, -0.15) is 5.10 Å². The highest BCUT2D eigenvalue weighted by Gasteiger charge is 2.27. The molecule has 1 saturated heterocycles. The number of sulfone groups is 1. The molecule has 0 radical (unpaired) electrons. The minimum atomic E-state index is -3.25. The van der Waals surface area contributed by atoms with E-state index in [0.717, 1.165) is 43.7 Å². The number of rotatable bonds is 4. The maximum atomic E-state index is 12.0. The van der Waals surface area contributed by atoms with Crippen molar-refractivity contribution in [3.05, 3.63) is 47.9 Å². The molecule has 6 nitrogen and oxygen atoms in total. The van der Waals surface area contributed by atoms with E-state index in [1.165, 1.54) is 23.4 Å². The van der Waals surface area contributed by atoms with E-state index >= 15 is 0 Å². The Morgan fingerprint density at radius 3 is 3.04 bits per heavy atom. The van der Waals surface area contributed by atoms with Crippen LogP contribution in [0.2, 0.25) is 0 Å². The lowest BCUT2D eigenvalue weighted by Gasteiger charge is -2.32. The molecule has 3 aromatic rings. The van der Waals surface area contributed by atoms with Gasteiger partial charge in [0.1, 0.15) is 4.90 Å². The number of likely N-dealkylation sites (tertiary alicyclic amines) is 1. The second-order valence-corrected chi connectivity index (χ2v) is 8.83. The zero-order valence-corrected chi connectivity index (χ0v) is 15.0. The highest BCUT2D eigenvalue weighted by molar-refractivity contribution is 7.90. The van der Waals surface area contributed by atoms with E-state index in [1.54, 1.807) is 0 Å².